The van der Waals surface area contributed by atoms with Crippen molar-refractivity contribution in [2.45, 2.75) is 39.7 Å². The molecule has 3 heteroatoms. The Bertz CT molecular complexity index is 376. The number of nitrogens with two attached hydrogens (primary N) is 1. The van der Waals surface area contributed by atoms with E-state index in [1.54, 1.807) is 0 Å². The maximum atomic E-state index is 11.9. The van der Waals surface area contributed by atoms with Crippen LogP contribution in [0.3, 0.4) is 0 Å². The molecule has 0 bridgehead atoms. The van der Waals surface area contributed by atoms with Crippen LogP contribution in [0.1, 0.15) is 45.2 Å². The van der Waals surface area contributed by atoms with Gasteiger partial charge < -0.3 is 11.1 Å². The topological polar surface area (TPSA) is 55.1 Å². The maximum absolute atomic E-state index is 11.9. The first kappa shape index (κ1) is 15.7. The van der Waals surface area contributed by atoms with Crippen molar-refractivity contribution in [2.75, 3.05) is 6.54 Å². The van der Waals surface area contributed by atoms with Crippen LogP contribution in [0.15, 0.2) is 30.3 Å². The molecule has 2 unspecified atom stereocenters. The lowest BCUT2D eigenvalue weighted by molar-refractivity contribution is -0.122. The number of carbonyl (C=O) groups is 1. The molecule has 1 aromatic rings. The van der Waals surface area contributed by atoms with Gasteiger partial charge in [-0.2, -0.15) is 0 Å². The van der Waals surface area contributed by atoms with Crippen LogP contribution in [0, 0.1) is 11.8 Å². The van der Waals surface area contributed by atoms with E-state index >= 15 is 0 Å². The molecule has 1 rings (SSSR count). The number of carbonyl (C=O) groups excluding carboxylic acids is 1. The minimum Gasteiger partial charge on any atom is -0.354 e. The summed E-state index contributed by atoms with van der Waals surface area (Å²) in [6, 6.07) is 9.72. The summed E-state index contributed by atoms with van der Waals surface area (Å²) in [5, 5.41) is 2.94. The predicted octanol–water partition coefficient (Wildman–Crippen LogP) is 2.87. The van der Waals surface area contributed by atoms with Gasteiger partial charge in [-0.25, -0.2) is 0 Å². The Kier molecular flexibility index (Phi) is 6.57. The summed E-state index contributed by atoms with van der Waals surface area (Å²) < 4.78 is 0. The van der Waals surface area contributed by atoms with Crippen LogP contribution >= 0.6 is 0 Å². The molecule has 0 saturated carbocycles. The third-order valence-electron chi connectivity index (χ3n) is 3.66. The molecule has 0 saturated heterocycles. The molecule has 3 N–H and O–H groups in total. The molecule has 0 aliphatic heterocycles. The molecule has 0 aliphatic rings. The van der Waals surface area contributed by atoms with Gasteiger partial charge >= 0.3 is 0 Å². The molecule has 0 aliphatic carbocycles. The maximum Gasteiger partial charge on any atom is 0.220 e. The molecule has 1 amide bonds. The van der Waals surface area contributed by atoms with Crippen molar-refractivity contribution in [1.82, 2.24) is 5.32 Å². The molecule has 1 aromatic carbocycles. The van der Waals surface area contributed by atoms with Crippen LogP contribution in [-0.2, 0) is 4.79 Å². The zero-order valence-corrected chi connectivity index (χ0v) is 12.2. The SMILES string of the molecule is CCC(CC(=O)NCC(N)c1ccccc1)C(C)C. The second-order valence-corrected chi connectivity index (χ2v) is 5.44. The molecule has 0 aromatic heterocycles. The summed E-state index contributed by atoms with van der Waals surface area (Å²) in [5.41, 5.74) is 7.11. The third kappa shape index (κ3) is 5.43. The van der Waals surface area contributed by atoms with E-state index in [1.807, 2.05) is 30.3 Å². The zero-order valence-electron chi connectivity index (χ0n) is 12.2. The van der Waals surface area contributed by atoms with E-state index in [0.29, 0.717) is 24.8 Å². The van der Waals surface area contributed by atoms with E-state index in [4.69, 9.17) is 5.73 Å². The van der Waals surface area contributed by atoms with Crippen LogP contribution in [0.4, 0.5) is 0 Å². The second kappa shape index (κ2) is 7.95. The van der Waals surface area contributed by atoms with Gasteiger partial charge in [0.15, 0.2) is 0 Å². The summed E-state index contributed by atoms with van der Waals surface area (Å²) >= 11 is 0. The number of hydrogen-bond acceptors (Lipinski definition) is 2. The molecule has 2 atom stereocenters. The second-order valence-electron chi connectivity index (χ2n) is 5.44. The number of rotatable bonds is 7. The fourth-order valence-corrected chi connectivity index (χ4v) is 2.20. The highest BCUT2D eigenvalue weighted by Gasteiger charge is 2.16. The van der Waals surface area contributed by atoms with Crippen LogP contribution in [0.5, 0.6) is 0 Å². The lowest BCUT2D eigenvalue weighted by atomic mass is 9.90. The highest BCUT2D eigenvalue weighted by Crippen LogP contribution is 2.18. The Labute approximate surface area is 116 Å². The lowest BCUT2D eigenvalue weighted by Gasteiger charge is -2.19. The average Bonchev–Trinajstić information content (AvgIpc) is 2.42. The third-order valence-corrected chi connectivity index (χ3v) is 3.66. The number of nitrogens with one attached hydrogen (secondary N) is 1. The normalized spacial score (nSPS) is 14.2. The van der Waals surface area contributed by atoms with Crippen LogP contribution in [0.2, 0.25) is 0 Å². The molecular formula is C16H26N2O. The van der Waals surface area contributed by atoms with E-state index in [0.717, 1.165) is 12.0 Å². The molecule has 106 valence electrons. The van der Waals surface area contributed by atoms with E-state index in [9.17, 15) is 4.79 Å². The van der Waals surface area contributed by atoms with E-state index in [1.165, 1.54) is 0 Å². The Morgan fingerprint density at radius 1 is 1.26 bits per heavy atom. The largest absolute Gasteiger partial charge is 0.354 e. The minimum atomic E-state index is -0.135. The Balaban J connectivity index is 2.38. The minimum absolute atomic E-state index is 0.104. The lowest BCUT2D eigenvalue weighted by Crippen LogP contribution is -2.33. The van der Waals surface area contributed by atoms with Crippen molar-refractivity contribution >= 4 is 5.91 Å². The summed E-state index contributed by atoms with van der Waals surface area (Å²) in [4.78, 5) is 11.9. The van der Waals surface area contributed by atoms with Crippen molar-refractivity contribution in [3.8, 4) is 0 Å². The Hall–Kier alpha value is -1.35. The highest BCUT2D eigenvalue weighted by molar-refractivity contribution is 5.76. The quantitative estimate of drug-likeness (QED) is 0.794. The average molecular weight is 262 g/mol. The van der Waals surface area contributed by atoms with Crippen molar-refractivity contribution in [3.05, 3.63) is 35.9 Å². The van der Waals surface area contributed by atoms with Crippen molar-refractivity contribution < 1.29 is 4.79 Å². The monoisotopic (exact) mass is 262 g/mol. The van der Waals surface area contributed by atoms with E-state index in [2.05, 4.69) is 26.1 Å². The zero-order chi connectivity index (χ0) is 14.3. The standard InChI is InChI=1S/C16H26N2O/c1-4-13(12(2)3)10-16(19)18-11-15(17)14-8-6-5-7-9-14/h5-9,12-13,15H,4,10-11,17H2,1-3H3,(H,18,19). The van der Waals surface area contributed by atoms with Gasteiger partial charge in [0.25, 0.3) is 0 Å². The van der Waals surface area contributed by atoms with Crippen LogP contribution in [0.25, 0.3) is 0 Å². The van der Waals surface area contributed by atoms with Crippen LogP contribution in [-0.4, -0.2) is 12.5 Å². The fraction of sp³-hybridized carbons (Fsp3) is 0.562. The highest BCUT2D eigenvalue weighted by atomic mass is 16.1. The summed E-state index contributed by atoms with van der Waals surface area (Å²) in [6.45, 7) is 6.96. The summed E-state index contributed by atoms with van der Waals surface area (Å²) in [6.07, 6.45) is 1.63. The number of amides is 1. The van der Waals surface area contributed by atoms with Crippen molar-refractivity contribution in [1.29, 1.82) is 0 Å². The fourth-order valence-electron chi connectivity index (χ4n) is 2.20. The smallest absolute Gasteiger partial charge is 0.220 e. The Morgan fingerprint density at radius 2 is 1.89 bits per heavy atom. The van der Waals surface area contributed by atoms with Gasteiger partial charge in [0.05, 0.1) is 0 Å². The molecular weight excluding hydrogens is 236 g/mol. The predicted molar refractivity (Wildman–Crippen MR) is 79.6 cm³/mol. The van der Waals surface area contributed by atoms with Gasteiger partial charge in [0.2, 0.25) is 5.91 Å². The molecule has 0 heterocycles. The van der Waals surface area contributed by atoms with Gasteiger partial charge in [0.1, 0.15) is 0 Å². The first-order valence-electron chi connectivity index (χ1n) is 7.11. The van der Waals surface area contributed by atoms with Gasteiger partial charge in [-0.15, -0.1) is 0 Å². The summed E-state index contributed by atoms with van der Waals surface area (Å²) in [7, 11) is 0. The molecule has 0 spiro atoms. The van der Waals surface area contributed by atoms with Crippen molar-refractivity contribution in [2.24, 2.45) is 17.6 Å². The summed E-state index contributed by atoms with van der Waals surface area (Å²) in [5.74, 6) is 1.10. The first-order chi connectivity index (χ1) is 9.04. The molecule has 0 fully saturated rings. The number of hydrogen-bond donors (Lipinski definition) is 2. The molecule has 3 nitrogen and oxygen atoms in total. The molecule has 19 heavy (non-hydrogen) atoms. The van der Waals surface area contributed by atoms with Gasteiger partial charge in [-0.05, 0) is 17.4 Å². The van der Waals surface area contributed by atoms with Gasteiger partial charge in [0, 0.05) is 19.0 Å². The van der Waals surface area contributed by atoms with Gasteiger partial charge in [-0.1, -0.05) is 57.5 Å². The van der Waals surface area contributed by atoms with E-state index < -0.39 is 0 Å². The Morgan fingerprint density at radius 3 is 2.42 bits per heavy atom. The van der Waals surface area contributed by atoms with E-state index in [-0.39, 0.29) is 11.9 Å². The number of benzene rings is 1. The van der Waals surface area contributed by atoms with Crippen LogP contribution < -0.4 is 11.1 Å². The molecule has 0 radical (unpaired) electrons. The first-order valence-corrected chi connectivity index (χ1v) is 7.11. The van der Waals surface area contributed by atoms with Crippen molar-refractivity contribution in [3.63, 3.8) is 0 Å². The van der Waals surface area contributed by atoms with Gasteiger partial charge in [-0.3, -0.25) is 4.79 Å².